The summed E-state index contributed by atoms with van der Waals surface area (Å²) in [5, 5.41) is 2.08. The summed E-state index contributed by atoms with van der Waals surface area (Å²) in [4.78, 5) is 11.9. The van der Waals surface area contributed by atoms with E-state index in [1.165, 1.54) is 24.3 Å². The van der Waals surface area contributed by atoms with Gasteiger partial charge in [-0.05, 0) is 43.2 Å². The van der Waals surface area contributed by atoms with Crippen LogP contribution >= 0.6 is 11.6 Å². The minimum atomic E-state index is -3.73. The Labute approximate surface area is 178 Å². The van der Waals surface area contributed by atoms with Gasteiger partial charge in [0.05, 0.1) is 9.92 Å². The third kappa shape index (κ3) is 5.68. The van der Waals surface area contributed by atoms with Gasteiger partial charge in [-0.2, -0.15) is 0 Å². The van der Waals surface area contributed by atoms with Gasteiger partial charge in [0.15, 0.2) is 6.61 Å². The van der Waals surface area contributed by atoms with E-state index in [0.29, 0.717) is 0 Å². The van der Waals surface area contributed by atoms with Crippen LogP contribution in [0.2, 0.25) is 5.02 Å². The number of rotatable bonds is 7. The lowest BCUT2D eigenvalue weighted by molar-refractivity contribution is -0.118. The van der Waals surface area contributed by atoms with Crippen LogP contribution in [-0.2, 0) is 14.8 Å². The number of hydrogen-bond donors (Lipinski definition) is 2. The molecule has 1 fully saturated rings. The molecule has 30 heavy (non-hydrogen) atoms. The fourth-order valence-electron chi connectivity index (χ4n) is 3.21. The standard InChI is InChI=1S/C20H21ClF2N2O4S/c21-15-11-14(30(27,28)25-13-5-2-1-3-6-13)9-10-18(15)29-12-19(26)24-20-16(22)7-4-8-17(20)23/h4,7-11,13,25H,1-3,5-6,12H2,(H,24,26). The summed E-state index contributed by atoms with van der Waals surface area (Å²) < 4.78 is 60.2. The molecule has 3 rings (SSSR count). The highest BCUT2D eigenvalue weighted by Crippen LogP contribution is 2.28. The van der Waals surface area contributed by atoms with Gasteiger partial charge in [-0.3, -0.25) is 4.79 Å². The number of para-hydroxylation sites is 1. The van der Waals surface area contributed by atoms with Gasteiger partial charge in [0.25, 0.3) is 5.91 Å². The first kappa shape index (κ1) is 22.5. The van der Waals surface area contributed by atoms with Crippen molar-refractivity contribution in [2.45, 2.75) is 43.0 Å². The first-order valence-electron chi connectivity index (χ1n) is 9.45. The van der Waals surface area contributed by atoms with Gasteiger partial charge in [-0.15, -0.1) is 0 Å². The molecular formula is C20H21ClF2N2O4S. The van der Waals surface area contributed by atoms with Crippen molar-refractivity contribution in [2.75, 3.05) is 11.9 Å². The molecule has 1 aliphatic rings. The molecule has 0 saturated heterocycles. The maximum Gasteiger partial charge on any atom is 0.262 e. The molecule has 0 heterocycles. The van der Waals surface area contributed by atoms with Gasteiger partial charge < -0.3 is 10.1 Å². The lowest BCUT2D eigenvalue weighted by Gasteiger charge is -2.22. The Bertz CT molecular complexity index is 1010. The number of ether oxygens (including phenoxy) is 1. The van der Waals surface area contributed by atoms with Crippen molar-refractivity contribution in [3.05, 3.63) is 53.1 Å². The zero-order valence-electron chi connectivity index (χ0n) is 16.0. The Balaban J connectivity index is 1.61. The SMILES string of the molecule is O=C(COc1ccc(S(=O)(=O)NC2CCCCC2)cc1Cl)Nc1c(F)cccc1F. The molecule has 10 heteroatoms. The Morgan fingerprint density at radius 2 is 1.77 bits per heavy atom. The number of sulfonamides is 1. The molecule has 0 spiro atoms. The molecule has 1 aliphatic carbocycles. The average molecular weight is 459 g/mol. The summed E-state index contributed by atoms with van der Waals surface area (Å²) in [6.07, 6.45) is 4.67. The van der Waals surface area contributed by atoms with Crippen molar-refractivity contribution in [3.8, 4) is 5.75 Å². The van der Waals surface area contributed by atoms with Crippen LogP contribution in [-0.4, -0.2) is 27.0 Å². The Morgan fingerprint density at radius 1 is 1.10 bits per heavy atom. The van der Waals surface area contributed by atoms with Crippen LogP contribution in [0.5, 0.6) is 5.75 Å². The molecule has 0 atom stereocenters. The zero-order valence-corrected chi connectivity index (χ0v) is 17.5. The molecule has 162 valence electrons. The molecule has 6 nitrogen and oxygen atoms in total. The molecule has 2 aromatic carbocycles. The van der Waals surface area contributed by atoms with Gasteiger partial charge in [0.1, 0.15) is 23.1 Å². The van der Waals surface area contributed by atoms with E-state index in [0.717, 1.165) is 44.2 Å². The minimum absolute atomic E-state index is 0.00797. The predicted molar refractivity (Wildman–Crippen MR) is 109 cm³/mol. The van der Waals surface area contributed by atoms with Crippen LogP contribution in [0.3, 0.4) is 0 Å². The highest BCUT2D eigenvalue weighted by molar-refractivity contribution is 7.89. The lowest BCUT2D eigenvalue weighted by Crippen LogP contribution is -2.36. The quantitative estimate of drug-likeness (QED) is 0.649. The van der Waals surface area contributed by atoms with Crippen molar-refractivity contribution < 1.29 is 26.7 Å². The number of amides is 1. The fourth-order valence-corrected chi connectivity index (χ4v) is 4.84. The van der Waals surface area contributed by atoms with Crippen LogP contribution in [0.25, 0.3) is 0 Å². The largest absolute Gasteiger partial charge is 0.482 e. The molecule has 1 amide bonds. The Hall–Kier alpha value is -2.23. The van der Waals surface area contributed by atoms with Crippen LogP contribution in [0.1, 0.15) is 32.1 Å². The first-order chi connectivity index (χ1) is 14.3. The molecule has 0 bridgehead atoms. The van der Waals surface area contributed by atoms with Crippen molar-refractivity contribution in [3.63, 3.8) is 0 Å². The molecule has 1 saturated carbocycles. The summed E-state index contributed by atoms with van der Waals surface area (Å²) in [6.45, 7) is -0.570. The Morgan fingerprint density at radius 3 is 2.40 bits per heavy atom. The maximum absolute atomic E-state index is 13.6. The third-order valence-electron chi connectivity index (χ3n) is 4.73. The maximum atomic E-state index is 13.6. The predicted octanol–water partition coefficient (Wildman–Crippen LogP) is 4.25. The number of nitrogens with one attached hydrogen (secondary N) is 2. The molecule has 0 radical (unpaired) electrons. The van der Waals surface area contributed by atoms with E-state index in [2.05, 4.69) is 10.0 Å². The first-order valence-corrected chi connectivity index (χ1v) is 11.3. The number of benzene rings is 2. The van der Waals surface area contributed by atoms with Crippen molar-refractivity contribution in [2.24, 2.45) is 0 Å². The van der Waals surface area contributed by atoms with Gasteiger partial charge in [0, 0.05) is 6.04 Å². The van der Waals surface area contributed by atoms with E-state index in [9.17, 15) is 22.0 Å². The van der Waals surface area contributed by atoms with E-state index >= 15 is 0 Å². The summed E-state index contributed by atoms with van der Waals surface area (Å²) in [6, 6.07) is 6.98. The molecule has 0 aromatic heterocycles. The molecular weight excluding hydrogens is 438 g/mol. The highest BCUT2D eigenvalue weighted by Gasteiger charge is 2.23. The normalized spacial score (nSPS) is 15.0. The van der Waals surface area contributed by atoms with Gasteiger partial charge in [-0.25, -0.2) is 21.9 Å². The van der Waals surface area contributed by atoms with Gasteiger partial charge >= 0.3 is 0 Å². The molecule has 2 aromatic rings. The highest BCUT2D eigenvalue weighted by atomic mass is 35.5. The lowest BCUT2D eigenvalue weighted by atomic mass is 9.96. The average Bonchev–Trinajstić information content (AvgIpc) is 2.70. The fraction of sp³-hybridized carbons (Fsp3) is 0.350. The number of halogens is 3. The number of hydrogen-bond acceptors (Lipinski definition) is 4. The second-order valence-corrected chi connectivity index (χ2v) is 9.10. The summed E-state index contributed by atoms with van der Waals surface area (Å²) >= 11 is 6.10. The number of carbonyl (C=O) groups is 1. The van der Waals surface area contributed by atoms with E-state index in [1.54, 1.807) is 0 Å². The molecule has 0 unspecified atom stereocenters. The van der Waals surface area contributed by atoms with Crippen molar-refractivity contribution in [1.29, 1.82) is 0 Å². The summed E-state index contributed by atoms with van der Waals surface area (Å²) in [7, 11) is -3.73. The second kappa shape index (κ2) is 9.72. The van der Waals surface area contributed by atoms with Gasteiger partial charge in [0.2, 0.25) is 10.0 Å². The summed E-state index contributed by atoms with van der Waals surface area (Å²) in [5.41, 5.74) is -0.576. The van der Waals surface area contributed by atoms with E-state index in [1.807, 2.05) is 0 Å². The number of carbonyl (C=O) groups excluding carboxylic acids is 1. The van der Waals surface area contributed by atoms with Gasteiger partial charge in [-0.1, -0.05) is 36.9 Å². The smallest absolute Gasteiger partial charge is 0.262 e. The zero-order chi connectivity index (χ0) is 21.7. The second-order valence-electron chi connectivity index (χ2n) is 6.98. The van der Waals surface area contributed by atoms with Crippen LogP contribution in [0.4, 0.5) is 14.5 Å². The number of anilines is 1. The van der Waals surface area contributed by atoms with E-state index in [-0.39, 0.29) is 21.7 Å². The van der Waals surface area contributed by atoms with Crippen LogP contribution < -0.4 is 14.8 Å². The van der Waals surface area contributed by atoms with Crippen LogP contribution in [0, 0.1) is 11.6 Å². The van der Waals surface area contributed by atoms with E-state index in [4.69, 9.17) is 16.3 Å². The summed E-state index contributed by atoms with van der Waals surface area (Å²) in [5.74, 6) is -2.56. The minimum Gasteiger partial charge on any atom is -0.482 e. The third-order valence-corrected chi connectivity index (χ3v) is 6.54. The van der Waals surface area contributed by atoms with E-state index < -0.39 is 39.9 Å². The monoisotopic (exact) mass is 458 g/mol. The topological polar surface area (TPSA) is 84.5 Å². The van der Waals surface area contributed by atoms with Crippen molar-refractivity contribution >= 4 is 33.2 Å². The van der Waals surface area contributed by atoms with Crippen LogP contribution in [0.15, 0.2) is 41.3 Å². The van der Waals surface area contributed by atoms with Crippen molar-refractivity contribution in [1.82, 2.24) is 4.72 Å². The Kier molecular flexibility index (Phi) is 7.27. The molecule has 0 aliphatic heterocycles. The molecule has 2 N–H and O–H groups in total.